The van der Waals surface area contributed by atoms with Gasteiger partial charge in [-0.05, 0) is 49.9 Å². The molecule has 100 valence electrons. The van der Waals surface area contributed by atoms with E-state index in [2.05, 4.69) is 12.2 Å². The fraction of sp³-hybridized carbons (Fsp3) is 0.533. The molecule has 0 heterocycles. The molecular formula is C15H23NO2. The second kappa shape index (κ2) is 6.43. The Morgan fingerprint density at radius 1 is 1.33 bits per heavy atom. The Morgan fingerprint density at radius 2 is 2.00 bits per heavy atom. The number of hydrogen-bond donors (Lipinski definition) is 1. The molecule has 0 aliphatic rings. The Hall–Kier alpha value is -1.51. The largest absolute Gasteiger partial charge is 0.496 e. The summed E-state index contributed by atoms with van der Waals surface area (Å²) in [5.74, 6) is 0.954. The zero-order valence-corrected chi connectivity index (χ0v) is 12.0. The third kappa shape index (κ3) is 3.76. The van der Waals surface area contributed by atoms with E-state index in [4.69, 9.17) is 4.74 Å². The van der Waals surface area contributed by atoms with Crippen LogP contribution in [0.3, 0.4) is 0 Å². The molecule has 1 amide bonds. The quantitative estimate of drug-likeness (QED) is 0.871. The molecule has 1 atom stereocenters. The van der Waals surface area contributed by atoms with E-state index in [1.807, 2.05) is 32.9 Å². The van der Waals surface area contributed by atoms with E-state index in [9.17, 15) is 4.79 Å². The van der Waals surface area contributed by atoms with Crippen molar-refractivity contribution in [1.29, 1.82) is 0 Å². The van der Waals surface area contributed by atoms with E-state index in [0.717, 1.165) is 28.9 Å². The van der Waals surface area contributed by atoms with Gasteiger partial charge >= 0.3 is 0 Å². The van der Waals surface area contributed by atoms with Crippen LogP contribution in [0, 0.1) is 13.8 Å². The number of aryl methyl sites for hydroxylation is 2. The van der Waals surface area contributed by atoms with Crippen LogP contribution in [0.15, 0.2) is 12.1 Å². The predicted octanol–water partition coefficient (Wildman–Crippen LogP) is 2.77. The molecule has 0 spiro atoms. The highest BCUT2D eigenvalue weighted by atomic mass is 16.5. The smallest absolute Gasteiger partial charge is 0.224 e. The maximum absolute atomic E-state index is 11.9. The van der Waals surface area contributed by atoms with Gasteiger partial charge < -0.3 is 10.1 Å². The molecule has 3 nitrogen and oxygen atoms in total. The summed E-state index contributed by atoms with van der Waals surface area (Å²) in [6.07, 6.45) is 1.38. The van der Waals surface area contributed by atoms with Gasteiger partial charge in [0.25, 0.3) is 0 Å². The van der Waals surface area contributed by atoms with Crippen molar-refractivity contribution >= 4 is 5.91 Å². The van der Waals surface area contributed by atoms with Crippen LogP contribution >= 0.6 is 0 Å². The highest BCUT2D eigenvalue weighted by Gasteiger charge is 2.10. The van der Waals surface area contributed by atoms with Crippen molar-refractivity contribution in [3.63, 3.8) is 0 Å². The second-order valence-electron chi connectivity index (χ2n) is 4.80. The van der Waals surface area contributed by atoms with Gasteiger partial charge in [-0.2, -0.15) is 0 Å². The van der Waals surface area contributed by atoms with Crippen molar-refractivity contribution in [3.05, 3.63) is 28.8 Å². The van der Waals surface area contributed by atoms with E-state index in [0.29, 0.717) is 6.42 Å². The number of rotatable bonds is 5. The van der Waals surface area contributed by atoms with Gasteiger partial charge in [0.05, 0.1) is 13.5 Å². The number of carbonyl (C=O) groups is 1. The molecule has 1 aromatic rings. The van der Waals surface area contributed by atoms with Gasteiger partial charge in [-0.3, -0.25) is 4.79 Å². The Morgan fingerprint density at radius 3 is 2.56 bits per heavy atom. The van der Waals surface area contributed by atoms with Gasteiger partial charge in [0, 0.05) is 6.04 Å². The summed E-state index contributed by atoms with van der Waals surface area (Å²) in [4.78, 5) is 11.9. The van der Waals surface area contributed by atoms with E-state index in [1.165, 1.54) is 0 Å². The average molecular weight is 249 g/mol. The van der Waals surface area contributed by atoms with Crippen molar-refractivity contribution in [2.24, 2.45) is 0 Å². The molecule has 0 aliphatic carbocycles. The fourth-order valence-electron chi connectivity index (χ4n) is 1.86. The molecule has 0 aliphatic heterocycles. The molecule has 18 heavy (non-hydrogen) atoms. The van der Waals surface area contributed by atoms with Crippen molar-refractivity contribution < 1.29 is 9.53 Å². The zero-order valence-electron chi connectivity index (χ0n) is 12.0. The van der Waals surface area contributed by atoms with Gasteiger partial charge in [-0.1, -0.05) is 13.0 Å². The number of methoxy groups -OCH3 is 1. The van der Waals surface area contributed by atoms with Gasteiger partial charge in [0.15, 0.2) is 0 Å². The lowest BCUT2D eigenvalue weighted by molar-refractivity contribution is -0.121. The van der Waals surface area contributed by atoms with Gasteiger partial charge in [0.1, 0.15) is 5.75 Å². The molecule has 1 rings (SSSR count). The summed E-state index contributed by atoms with van der Waals surface area (Å²) in [6.45, 7) is 8.08. The lowest BCUT2D eigenvalue weighted by Crippen LogP contribution is -2.33. The topological polar surface area (TPSA) is 38.3 Å². The molecule has 0 radical (unpaired) electrons. The third-order valence-electron chi connectivity index (χ3n) is 3.22. The lowest BCUT2D eigenvalue weighted by Gasteiger charge is -2.14. The first kappa shape index (κ1) is 14.6. The molecule has 0 saturated carbocycles. The average Bonchev–Trinajstić information content (AvgIpc) is 2.33. The minimum atomic E-state index is 0.0806. The first-order valence-corrected chi connectivity index (χ1v) is 6.41. The summed E-state index contributed by atoms with van der Waals surface area (Å²) < 4.78 is 5.27. The van der Waals surface area contributed by atoms with Crippen LogP contribution in [0.4, 0.5) is 0 Å². The van der Waals surface area contributed by atoms with Crippen molar-refractivity contribution in [2.75, 3.05) is 7.11 Å². The van der Waals surface area contributed by atoms with Crippen LogP contribution in [0.1, 0.15) is 37.0 Å². The fourth-order valence-corrected chi connectivity index (χ4v) is 1.86. The maximum Gasteiger partial charge on any atom is 0.224 e. The number of ether oxygens (including phenoxy) is 1. The second-order valence-corrected chi connectivity index (χ2v) is 4.80. The van der Waals surface area contributed by atoms with Crippen molar-refractivity contribution in [2.45, 2.75) is 46.6 Å². The summed E-state index contributed by atoms with van der Waals surface area (Å²) in [7, 11) is 1.66. The minimum Gasteiger partial charge on any atom is -0.496 e. The van der Waals surface area contributed by atoms with Crippen LogP contribution in [0.5, 0.6) is 5.75 Å². The first-order chi connectivity index (χ1) is 8.47. The normalized spacial score (nSPS) is 12.1. The summed E-state index contributed by atoms with van der Waals surface area (Å²) in [5.41, 5.74) is 3.22. The monoisotopic (exact) mass is 249 g/mol. The van der Waals surface area contributed by atoms with E-state index in [1.54, 1.807) is 7.11 Å². The van der Waals surface area contributed by atoms with Crippen LogP contribution in [-0.2, 0) is 11.2 Å². The standard InChI is InChI=1S/C15H23NO2/c1-6-12(4)16-15(17)9-13-7-11(3)14(18-5)8-10(13)2/h7-8,12H,6,9H2,1-5H3,(H,16,17). The molecule has 1 N–H and O–H groups in total. The third-order valence-corrected chi connectivity index (χ3v) is 3.22. The molecular weight excluding hydrogens is 226 g/mol. The van der Waals surface area contributed by atoms with E-state index >= 15 is 0 Å². The Kier molecular flexibility index (Phi) is 5.20. The Labute approximate surface area is 110 Å². The van der Waals surface area contributed by atoms with Gasteiger partial charge in [-0.25, -0.2) is 0 Å². The Balaban J connectivity index is 2.79. The number of hydrogen-bond acceptors (Lipinski definition) is 2. The van der Waals surface area contributed by atoms with Crippen LogP contribution in [0.2, 0.25) is 0 Å². The van der Waals surface area contributed by atoms with E-state index < -0.39 is 0 Å². The summed E-state index contributed by atoms with van der Waals surface area (Å²) in [6, 6.07) is 4.25. The predicted molar refractivity (Wildman–Crippen MR) is 74.1 cm³/mol. The number of benzene rings is 1. The summed E-state index contributed by atoms with van der Waals surface area (Å²) >= 11 is 0. The molecule has 0 aromatic heterocycles. The number of amides is 1. The summed E-state index contributed by atoms with van der Waals surface area (Å²) in [5, 5.41) is 2.98. The van der Waals surface area contributed by atoms with Crippen LogP contribution < -0.4 is 10.1 Å². The maximum atomic E-state index is 11.9. The first-order valence-electron chi connectivity index (χ1n) is 6.41. The molecule has 3 heteroatoms. The molecule has 1 aromatic carbocycles. The van der Waals surface area contributed by atoms with Gasteiger partial charge in [-0.15, -0.1) is 0 Å². The van der Waals surface area contributed by atoms with Crippen molar-refractivity contribution in [1.82, 2.24) is 5.32 Å². The van der Waals surface area contributed by atoms with E-state index in [-0.39, 0.29) is 11.9 Å². The van der Waals surface area contributed by atoms with Crippen LogP contribution in [-0.4, -0.2) is 19.1 Å². The molecule has 1 unspecified atom stereocenters. The number of carbonyl (C=O) groups excluding carboxylic acids is 1. The highest BCUT2D eigenvalue weighted by molar-refractivity contribution is 5.79. The highest BCUT2D eigenvalue weighted by Crippen LogP contribution is 2.22. The van der Waals surface area contributed by atoms with Crippen molar-refractivity contribution in [3.8, 4) is 5.75 Å². The van der Waals surface area contributed by atoms with Crippen LogP contribution in [0.25, 0.3) is 0 Å². The molecule has 0 bridgehead atoms. The lowest BCUT2D eigenvalue weighted by atomic mass is 10.0. The molecule has 0 fully saturated rings. The SMILES string of the molecule is CCC(C)NC(=O)Cc1cc(C)c(OC)cc1C. The Bertz CT molecular complexity index is 427. The number of nitrogens with one attached hydrogen (secondary N) is 1. The zero-order chi connectivity index (χ0) is 13.7. The minimum absolute atomic E-state index is 0.0806. The molecule has 0 saturated heterocycles. The van der Waals surface area contributed by atoms with Gasteiger partial charge in [0.2, 0.25) is 5.91 Å².